The molecule has 1 aromatic carbocycles. The lowest BCUT2D eigenvalue weighted by Crippen LogP contribution is -2.13. The molecular weight excluding hydrogens is 386 g/mol. The number of thiazole rings is 2. The lowest BCUT2D eigenvalue weighted by molar-refractivity contribution is 0.102. The SMILES string of the molecule is COc1cc(-c2nc(C(=O)Nc3nc(C)cs3)c(C)s2)cc(OC)c1OC. The van der Waals surface area contributed by atoms with Gasteiger partial charge in [-0.1, -0.05) is 0 Å². The van der Waals surface area contributed by atoms with Gasteiger partial charge in [0.1, 0.15) is 10.7 Å². The number of hydrogen-bond donors (Lipinski definition) is 1. The first-order valence-corrected chi connectivity index (χ1v) is 9.67. The molecule has 0 saturated carbocycles. The fourth-order valence-corrected chi connectivity index (χ4v) is 4.08. The second kappa shape index (κ2) is 7.93. The second-order valence-corrected chi connectivity index (χ2v) is 7.65. The maximum Gasteiger partial charge on any atom is 0.277 e. The molecule has 0 aliphatic carbocycles. The first kappa shape index (κ1) is 19.1. The van der Waals surface area contributed by atoms with Gasteiger partial charge >= 0.3 is 0 Å². The Balaban J connectivity index is 1.95. The maximum atomic E-state index is 12.6. The van der Waals surface area contributed by atoms with Crippen LogP contribution in [0.1, 0.15) is 21.1 Å². The van der Waals surface area contributed by atoms with Crippen molar-refractivity contribution in [3.05, 3.63) is 33.8 Å². The average Bonchev–Trinajstić information content (AvgIpc) is 3.25. The number of carbonyl (C=O) groups is 1. The monoisotopic (exact) mass is 405 g/mol. The van der Waals surface area contributed by atoms with Gasteiger partial charge in [-0.15, -0.1) is 22.7 Å². The minimum Gasteiger partial charge on any atom is -0.493 e. The highest BCUT2D eigenvalue weighted by molar-refractivity contribution is 7.15. The summed E-state index contributed by atoms with van der Waals surface area (Å²) < 4.78 is 16.1. The van der Waals surface area contributed by atoms with Crippen LogP contribution in [0, 0.1) is 13.8 Å². The molecule has 142 valence electrons. The van der Waals surface area contributed by atoms with Gasteiger partial charge in [-0.3, -0.25) is 10.1 Å². The number of carbonyl (C=O) groups excluding carboxylic acids is 1. The zero-order valence-electron chi connectivity index (χ0n) is 15.6. The third-order valence-electron chi connectivity index (χ3n) is 3.76. The third-order valence-corrected chi connectivity index (χ3v) is 5.66. The molecule has 3 rings (SSSR count). The summed E-state index contributed by atoms with van der Waals surface area (Å²) in [7, 11) is 4.67. The van der Waals surface area contributed by atoms with E-state index in [1.54, 1.807) is 21.3 Å². The van der Waals surface area contributed by atoms with Crippen LogP contribution in [-0.4, -0.2) is 37.2 Å². The van der Waals surface area contributed by atoms with Gasteiger partial charge in [-0.05, 0) is 26.0 Å². The maximum absolute atomic E-state index is 12.6. The lowest BCUT2D eigenvalue weighted by Gasteiger charge is -2.13. The number of nitrogens with one attached hydrogen (secondary N) is 1. The van der Waals surface area contributed by atoms with E-state index in [9.17, 15) is 4.79 Å². The topological polar surface area (TPSA) is 82.6 Å². The van der Waals surface area contributed by atoms with Crippen LogP contribution in [0.3, 0.4) is 0 Å². The molecule has 9 heteroatoms. The van der Waals surface area contributed by atoms with Crippen molar-refractivity contribution in [2.75, 3.05) is 26.6 Å². The van der Waals surface area contributed by atoms with Gasteiger partial charge in [0.15, 0.2) is 16.6 Å². The van der Waals surface area contributed by atoms with Crippen LogP contribution >= 0.6 is 22.7 Å². The van der Waals surface area contributed by atoms with Crippen molar-refractivity contribution in [2.24, 2.45) is 0 Å². The van der Waals surface area contributed by atoms with Crippen molar-refractivity contribution < 1.29 is 19.0 Å². The molecule has 0 unspecified atom stereocenters. The van der Waals surface area contributed by atoms with Crippen LogP contribution in [0.15, 0.2) is 17.5 Å². The highest BCUT2D eigenvalue weighted by atomic mass is 32.1. The molecule has 27 heavy (non-hydrogen) atoms. The molecule has 0 aliphatic heterocycles. The molecule has 3 aromatic rings. The van der Waals surface area contributed by atoms with E-state index in [1.807, 2.05) is 31.4 Å². The molecule has 0 fully saturated rings. The molecule has 0 saturated heterocycles. The van der Waals surface area contributed by atoms with E-state index in [2.05, 4.69) is 15.3 Å². The van der Waals surface area contributed by atoms with E-state index < -0.39 is 0 Å². The van der Waals surface area contributed by atoms with Crippen LogP contribution < -0.4 is 19.5 Å². The predicted octanol–water partition coefficient (Wildman–Crippen LogP) is 4.16. The van der Waals surface area contributed by atoms with Crippen molar-refractivity contribution in [3.8, 4) is 27.8 Å². The van der Waals surface area contributed by atoms with E-state index in [-0.39, 0.29) is 5.91 Å². The van der Waals surface area contributed by atoms with Gasteiger partial charge in [-0.2, -0.15) is 0 Å². The Labute approximate surface area is 165 Å². The summed E-state index contributed by atoms with van der Waals surface area (Å²) in [6.45, 7) is 3.74. The largest absolute Gasteiger partial charge is 0.493 e. The van der Waals surface area contributed by atoms with Crippen LogP contribution in [-0.2, 0) is 0 Å². The number of rotatable bonds is 6. The molecule has 0 radical (unpaired) electrons. The molecule has 1 N–H and O–H groups in total. The van der Waals surface area contributed by atoms with Gasteiger partial charge in [0.2, 0.25) is 5.75 Å². The third kappa shape index (κ3) is 3.88. The summed E-state index contributed by atoms with van der Waals surface area (Å²) >= 11 is 2.80. The zero-order chi connectivity index (χ0) is 19.6. The van der Waals surface area contributed by atoms with E-state index in [1.165, 1.54) is 22.7 Å². The van der Waals surface area contributed by atoms with Crippen LogP contribution in [0.25, 0.3) is 10.6 Å². The second-order valence-electron chi connectivity index (χ2n) is 5.59. The first-order valence-electron chi connectivity index (χ1n) is 7.98. The number of anilines is 1. The van der Waals surface area contributed by atoms with Gasteiger partial charge in [-0.25, -0.2) is 9.97 Å². The van der Waals surface area contributed by atoms with E-state index in [0.717, 1.165) is 16.1 Å². The molecule has 1 amide bonds. The van der Waals surface area contributed by atoms with E-state index >= 15 is 0 Å². The zero-order valence-corrected chi connectivity index (χ0v) is 17.2. The van der Waals surface area contributed by atoms with E-state index in [4.69, 9.17) is 14.2 Å². The summed E-state index contributed by atoms with van der Waals surface area (Å²) in [5.74, 6) is 1.29. The molecule has 2 aromatic heterocycles. The number of ether oxygens (including phenoxy) is 3. The average molecular weight is 406 g/mol. The number of aromatic nitrogens is 2. The van der Waals surface area contributed by atoms with Crippen LogP contribution in [0.2, 0.25) is 0 Å². The van der Waals surface area contributed by atoms with Crippen molar-refractivity contribution in [1.82, 2.24) is 9.97 Å². The number of hydrogen-bond acceptors (Lipinski definition) is 8. The molecule has 0 aliphatic rings. The van der Waals surface area contributed by atoms with Crippen LogP contribution in [0.4, 0.5) is 5.13 Å². The highest BCUT2D eigenvalue weighted by Crippen LogP contribution is 2.42. The van der Waals surface area contributed by atoms with Crippen molar-refractivity contribution in [2.45, 2.75) is 13.8 Å². The number of amides is 1. The normalized spacial score (nSPS) is 10.6. The summed E-state index contributed by atoms with van der Waals surface area (Å²) in [5, 5.41) is 5.91. The quantitative estimate of drug-likeness (QED) is 0.663. The summed E-state index contributed by atoms with van der Waals surface area (Å²) in [4.78, 5) is 22.1. The fraction of sp³-hybridized carbons (Fsp3) is 0.278. The van der Waals surface area contributed by atoms with Gasteiger partial charge in [0.25, 0.3) is 5.91 Å². The molecule has 0 spiro atoms. The minimum atomic E-state index is -0.281. The summed E-state index contributed by atoms with van der Waals surface area (Å²) in [6.07, 6.45) is 0. The Kier molecular flexibility index (Phi) is 5.62. The number of aryl methyl sites for hydroxylation is 2. The Morgan fingerprint density at radius 3 is 2.22 bits per heavy atom. The highest BCUT2D eigenvalue weighted by Gasteiger charge is 2.20. The predicted molar refractivity (Wildman–Crippen MR) is 107 cm³/mol. The van der Waals surface area contributed by atoms with Crippen molar-refractivity contribution in [3.63, 3.8) is 0 Å². The van der Waals surface area contributed by atoms with Crippen LogP contribution in [0.5, 0.6) is 17.2 Å². The van der Waals surface area contributed by atoms with Gasteiger partial charge in [0, 0.05) is 15.8 Å². The van der Waals surface area contributed by atoms with Crippen molar-refractivity contribution in [1.29, 1.82) is 0 Å². The smallest absolute Gasteiger partial charge is 0.277 e. The Morgan fingerprint density at radius 2 is 1.70 bits per heavy atom. The summed E-state index contributed by atoms with van der Waals surface area (Å²) in [5.41, 5.74) is 2.02. The minimum absolute atomic E-state index is 0.281. The molecule has 2 heterocycles. The Morgan fingerprint density at radius 1 is 1.04 bits per heavy atom. The molecule has 0 bridgehead atoms. The van der Waals surface area contributed by atoms with Gasteiger partial charge < -0.3 is 14.2 Å². The summed E-state index contributed by atoms with van der Waals surface area (Å²) in [6, 6.07) is 3.62. The number of benzene rings is 1. The Bertz CT molecular complexity index is 956. The van der Waals surface area contributed by atoms with Crippen molar-refractivity contribution >= 4 is 33.7 Å². The number of nitrogens with zero attached hydrogens (tertiary/aromatic N) is 2. The molecule has 7 nitrogen and oxygen atoms in total. The fourth-order valence-electron chi connectivity index (χ4n) is 2.50. The molecule has 0 atom stereocenters. The molecular formula is C18H19N3O4S2. The first-order chi connectivity index (χ1) is 13.0. The Hall–Kier alpha value is -2.65. The standard InChI is InChI=1S/C18H19N3O4S2/c1-9-8-26-18(19-9)21-16(22)14-10(2)27-17(20-14)11-6-12(23-3)15(25-5)13(7-11)24-4/h6-8H,1-5H3,(H,19,21,22). The number of methoxy groups -OCH3 is 3. The lowest BCUT2D eigenvalue weighted by atomic mass is 10.2. The van der Waals surface area contributed by atoms with Gasteiger partial charge in [0.05, 0.1) is 27.0 Å². The van der Waals surface area contributed by atoms with E-state index in [0.29, 0.717) is 33.1 Å².